The van der Waals surface area contributed by atoms with Crippen molar-refractivity contribution in [3.8, 4) is 11.5 Å². The number of aryl methyl sites for hydroxylation is 2. The highest BCUT2D eigenvalue weighted by Gasteiger charge is 2.15. The van der Waals surface area contributed by atoms with Gasteiger partial charge in [0.2, 0.25) is 0 Å². The quantitative estimate of drug-likeness (QED) is 0.510. The maximum Gasteiger partial charge on any atom is 0.335 e. The van der Waals surface area contributed by atoms with E-state index in [1.807, 2.05) is 19.1 Å². The van der Waals surface area contributed by atoms with Crippen LogP contribution in [0.15, 0.2) is 53.3 Å². The first-order valence-electron chi connectivity index (χ1n) is 9.47. The highest BCUT2D eigenvalue weighted by molar-refractivity contribution is 6.34. The molecular weight excluding hydrogens is 441 g/mol. The first kappa shape index (κ1) is 22.7. The summed E-state index contributed by atoms with van der Waals surface area (Å²) in [5, 5.41) is 9.36. The predicted octanol–water partition coefficient (Wildman–Crippen LogP) is 4.99. The number of halogens is 2. The average Bonchev–Trinajstić information content (AvgIpc) is 2.75. The molecule has 0 atom stereocenters. The van der Waals surface area contributed by atoms with E-state index in [1.54, 1.807) is 25.3 Å². The Morgan fingerprint density at radius 1 is 1.03 bits per heavy atom. The maximum absolute atomic E-state index is 12.7. The van der Waals surface area contributed by atoms with Gasteiger partial charge >= 0.3 is 5.97 Å². The summed E-state index contributed by atoms with van der Waals surface area (Å²) in [6.45, 7) is 2.29. The Bertz CT molecular complexity index is 1160. The minimum absolute atomic E-state index is 0.0166. The number of benzene rings is 2. The minimum atomic E-state index is -0.990. The zero-order valence-electron chi connectivity index (χ0n) is 17.0. The third-order valence-corrected chi connectivity index (χ3v) is 5.41. The van der Waals surface area contributed by atoms with Gasteiger partial charge in [0.05, 0.1) is 23.4 Å². The van der Waals surface area contributed by atoms with E-state index in [2.05, 4.69) is 0 Å². The van der Waals surface area contributed by atoms with E-state index in [-0.39, 0.29) is 22.8 Å². The smallest absolute Gasteiger partial charge is 0.335 e. The largest absolute Gasteiger partial charge is 0.493 e. The molecule has 1 N–H and O–H groups in total. The molecule has 0 aliphatic heterocycles. The molecule has 0 unspecified atom stereocenters. The van der Waals surface area contributed by atoms with Gasteiger partial charge in [0.15, 0.2) is 11.5 Å². The molecule has 0 aliphatic rings. The summed E-state index contributed by atoms with van der Waals surface area (Å²) < 4.78 is 12.7. The molecule has 3 rings (SSSR count). The molecule has 31 heavy (non-hydrogen) atoms. The van der Waals surface area contributed by atoms with Crippen LogP contribution in [0.25, 0.3) is 0 Å². The average molecular weight is 462 g/mol. The van der Waals surface area contributed by atoms with Crippen LogP contribution in [0.4, 0.5) is 0 Å². The topological polar surface area (TPSA) is 77.8 Å². The van der Waals surface area contributed by atoms with Gasteiger partial charge in [0.1, 0.15) is 11.6 Å². The Balaban J connectivity index is 1.85. The molecule has 0 bridgehead atoms. The van der Waals surface area contributed by atoms with E-state index >= 15 is 0 Å². The van der Waals surface area contributed by atoms with Crippen LogP contribution in [-0.2, 0) is 19.6 Å². The van der Waals surface area contributed by atoms with Gasteiger partial charge in [-0.05, 0) is 54.8 Å². The number of carboxylic acid groups (broad SMARTS) is 1. The zero-order valence-corrected chi connectivity index (χ0v) is 18.5. The number of methoxy groups -OCH3 is 1. The Morgan fingerprint density at radius 3 is 2.39 bits per heavy atom. The number of hydrogen-bond donors (Lipinski definition) is 1. The number of carbonyl (C=O) groups is 1. The molecule has 8 heteroatoms. The lowest BCUT2D eigenvalue weighted by Crippen LogP contribution is -2.26. The van der Waals surface area contributed by atoms with E-state index < -0.39 is 5.97 Å². The Labute approximate surface area is 189 Å². The van der Waals surface area contributed by atoms with Gasteiger partial charge in [0, 0.05) is 6.54 Å². The van der Waals surface area contributed by atoms with Crippen LogP contribution in [0.5, 0.6) is 11.5 Å². The predicted molar refractivity (Wildman–Crippen MR) is 120 cm³/mol. The van der Waals surface area contributed by atoms with Crippen molar-refractivity contribution in [2.24, 2.45) is 0 Å². The molecule has 0 amide bonds. The molecule has 0 fully saturated rings. The SMILES string of the molecule is COc1cc(C)ccc1OCc1c(Cl)cc(Cl)c(=O)n1CCc1ccc(C(=O)O)cc1. The first-order valence-corrected chi connectivity index (χ1v) is 10.2. The number of nitrogens with zero attached hydrogens (tertiary/aromatic N) is 1. The van der Waals surface area contributed by atoms with Gasteiger partial charge in [-0.1, -0.05) is 41.4 Å². The van der Waals surface area contributed by atoms with Crippen molar-refractivity contribution in [2.75, 3.05) is 7.11 Å². The lowest BCUT2D eigenvalue weighted by Gasteiger charge is -2.17. The molecule has 0 saturated heterocycles. The van der Waals surface area contributed by atoms with Gasteiger partial charge < -0.3 is 19.1 Å². The molecule has 1 heterocycles. The van der Waals surface area contributed by atoms with Gasteiger partial charge in [-0.15, -0.1) is 0 Å². The number of aromatic nitrogens is 1. The fourth-order valence-corrected chi connectivity index (χ4v) is 3.65. The van der Waals surface area contributed by atoms with E-state index in [9.17, 15) is 9.59 Å². The molecule has 0 spiro atoms. The van der Waals surface area contributed by atoms with E-state index in [0.717, 1.165) is 11.1 Å². The van der Waals surface area contributed by atoms with Gasteiger partial charge in [-0.3, -0.25) is 4.79 Å². The second-order valence-corrected chi connectivity index (χ2v) is 7.75. The molecule has 3 aromatic rings. The third kappa shape index (κ3) is 5.40. The van der Waals surface area contributed by atoms with Crippen LogP contribution >= 0.6 is 23.2 Å². The van der Waals surface area contributed by atoms with Crippen LogP contribution in [0.2, 0.25) is 10.0 Å². The Morgan fingerprint density at radius 2 is 1.74 bits per heavy atom. The highest BCUT2D eigenvalue weighted by Crippen LogP contribution is 2.29. The summed E-state index contributed by atoms with van der Waals surface area (Å²) in [6, 6.07) is 13.4. The summed E-state index contributed by atoms with van der Waals surface area (Å²) in [4.78, 5) is 23.7. The number of carboxylic acids is 1. The Kier molecular flexibility index (Phi) is 7.25. The van der Waals surface area contributed by atoms with Crippen molar-refractivity contribution in [2.45, 2.75) is 26.5 Å². The van der Waals surface area contributed by atoms with E-state index in [4.69, 9.17) is 37.8 Å². The molecule has 1 aromatic heterocycles. The normalized spacial score (nSPS) is 10.7. The number of rotatable bonds is 8. The van der Waals surface area contributed by atoms with Crippen molar-refractivity contribution >= 4 is 29.2 Å². The van der Waals surface area contributed by atoms with Crippen LogP contribution in [0.3, 0.4) is 0 Å². The third-order valence-electron chi connectivity index (χ3n) is 4.81. The lowest BCUT2D eigenvalue weighted by molar-refractivity contribution is 0.0697. The number of aromatic carboxylic acids is 1. The van der Waals surface area contributed by atoms with E-state index in [1.165, 1.54) is 22.8 Å². The summed E-state index contributed by atoms with van der Waals surface area (Å²) in [5.74, 6) is 0.121. The number of hydrogen-bond acceptors (Lipinski definition) is 4. The Hall–Kier alpha value is -2.96. The molecule has 0 radical (unpaired) electrons. The molecule has 6 nitrogen and oxygen atoms in total. The van der Waals surface area contributed by atoms with E-state index in [0.29, 0.717) is 35.2 Å². The summed E-state index contributed by atoms with van der Waals surface area (Å²) in [5.41, 5.74) is 2.22. The molecule has 0 aliphatic carbocycles. The number of ether oxygens (including phenoxy) is 2. The molecule has 2 aromatic carbocycles. The van der Waals surface area contributed by atoms with Crippen molar-refractivity contribution < 1.29 is 19.4 Å². The van der Waals surface area contributed by atoms with Gasteiger partial charge in [-0.2, -0.15) is 0 Å². The van der Waals surface area contributed by atoms with Crippen molar-refractivity contribution in [3.63, 3.8) is 0 Å². The van der Waals surface area contributed by atoms with Gasteiger partial charge in [-0.25, -0.2) is 4.79 Å². The second-order valence-electron chi connectivity index (χ2n) is 6.94. The van der Waals surface area contributed by atoms with Crippen LogP contribution in [-0.4, -0.2) is 22.8 Å². The van der Waals surface area contributed by atoms with Crippen molar-refractivity contribution in [1.29, 1.82) is 0 Å². The van der Waals surface area contributed by atoms with Crippen molar-refractivity contribution in [1.82, 2.24) is 4.57 Å². The molecule has 0 saturated carbocycles. The fourth-order valence-electron chi connectivity index (χ4n) is 3.12. The molecular formula is C23H21Cl2NO5. The summed E-state index contributed by atoms with van der Waals surface area (Å²) in [6.07, 6.45) is 0.483. The fraction of sp³-hybridized carbons (Fsp3) is 0.217. The van der Waals surface area contributed by atoms with Crippen LogP contribution < -0.4 is 15.0 Å². The molecule has 162 valence electrons. The highest BCUT2D eigenvalue weighted by atomic mass is 35.5. The van der Waals surface area contributed by atoms with Crippen molar-refractivity contribution in [3.05, 3.63) is 91.3 Å². The van der Waals surface area contributed by atoms with Gasteiger partial charge in [0.25, 0.3) is 5.56 Å². The first-order chi connectivity index (χ1) is 14.8. The standard InChI is InChI=1S/C23H21Cl2NO5/c1-14-3-8-20(21(11-14)30-2)31-13-19-17(24)12-18(25)22(27)26(19)10-9-15-4-6-16(7-5-15)23(28)29/h3-8,11-12H,9-10,13H2,1-2H3,(H,28,29). The van der Waals surface area contributed by atoms with Crippen LogP contribution in [0, 0.1) is 6.92 Å². The maximum atomic E-state index is 12.7. The zero-order chi connectivity index (χ0) is 22.5. The summed E-state index contributed by atoms with van der Waals surface area (Å²) >= 11 is 12.5. The van der Waals surface area contributed by atoms with Crippen LogP contribution in [0.1, 0.15) is 27.2 Å². The number of pyridine rings is 1. The minimum Gasteiger partial charge on any atom is -0.493 e. The second kappa shape index (κ2) is 9.90. The monoisotopic (exact) mass is 461 g/mol. The summed E-state index contributed by atoms with van der Waals surface area (Å²) in [7, 11) is 1.56. The lowest BCUT2D eigenvalue weighted by atomic mass is 10.1.